The lowest BCUT2D eigenvalue weighted by Gasteiger charge is -2.34. The van der Waals surface area contributed by atoms with Crippen molar-refractivity contribution in [2.45, 2.75) is 77.9 Å². The zero-order valence-electron chi connectivity index (χ0n) is 25.5. The van der Waals surface area contributed by atoms with E-state index in [9.17, 15) is 18.0 Å². The van der Waals surface area contributed by atoms with E-state index in [4.69, 9.17) is 4.74 Å². The van der Waals surface area contributed by atoms with Crippen LogP contribution in [0, 0.1) is 13.8 Å². The number of hydrogen-bond acceptors (Lipinski definition) is 5. The van der Waals surface area contributed by atoms with Crippen molar-refractivity contribution in [1.29, 1.82) is 0 Å². The number of rotatable bonds is 14. The van der Waals surface area contributed by atoms with E-state index in [0.29, 0.717) is 18.8 Å². The molecule has 0 bridgehead atoms. The third kappa shape index (κ3) is 8.12. The first-order valence-corrected chi connectivity index (χ1v) is 15.9. The molecule has 9 heteroatoms. The zero-order chi connectivity index (χ0) is 30.9. The highest BCUT2D eigenvalue weighted by atomic mass is 32.2. The van der Waals surface area contributed by atoms with E-state index in [1.807, 2.05) is 65.8 Å². The minimum absolute atomic E-state index is 0.0545. The molecule has 3 rings (SSSR count). The summed E-state index contributed by atoms with van der Waals surface area (Å²) < 4.78 is 35.1. The Morgan fingerprint density at radius 1 is 0.857 bits per heavy atom. The van der Waals surface area contributed by atoms with Gasteiger partial charge < -0.3 is 15.0 Å². The van der Waals surface area contributed by atoms with Crippen molar-refractivity contribution in [3.8, 4) is 5.75 Å². The molecule has 8 nitrogen and oxygen atoms in total. The molecule has 3 aromatic carbocycles. The summed E-state index contributed by atoms with van der Waals surface area (Å²) in [5.41, 5.74) is 3.07. The third-order valence-electron chi connectivity index (χ3n) is 7.18. The second-order valence-corrected chi connectivity index (χ2v) is 12.3. The van der Waals surface area contributed by atoms with Crippen LogP contribution in [-0.4, -0.2) is 50.4 Å². The van der Waals surface area contributed by atoms with Gasteiger partial charge in [-0.1, -0.05) is 73.5 Å². The van der Waals surface area contributed by atoms with Crippen LogP contribution in [0.15, 0.2) is 77.7 Å². The molecule has 0 saturated carbocycles. The number of carbonyl (C=O) groups is 2. The molecule has 0 radical (unpaired) electrons. The van der Waals surface area contributed by atoms with Crippen LogP contribution in [0.4, 0.5) is 5.69 Å². The number of nitrogens with zero attached hydrogens (tertiary/aromatic N) is 2. The molecule has 42 heavy (non-hydrogen) atoms. The molecule has 0 spiro atoms. The van der Waals surface area contributed by atoms with Crippen LogP contribution in [0.2, 0.25) is 0 Å². The second kappa shape index (κ2) is 14.9. The standard InChI is InChI=1S/C33H43N3O5S/c1-7-26(6)34-33(38)29(8-2)35(22-27-18-14-24(4)15-19-27)32(37)23-36(30-12-10-11-13-31(30)41-9-3)42(39,40)28-20-16-25(5)17-21-28/h10-21,26,29H,7-9,22-23H2,1-6H3,(H,34,38)/t26-,29-/m0/s1. The van der Waals surface area contributed by atoms with Crippen LogP contribution in [0.1, 0.15) is 57.2 Å². The van der Waals surface area contributed by atoms with Crippen LogP contribution >= 0.6 is 0 Å². The number of para-hydroxylation sites is 2. The molecule has 0 aliphatic rings. The van der Waals surface area contributed by atoms with Crippen molar-refractivity contribution in [3.63, 3.8) is 0 Å². The minimum atomic E-state index is -4.19. The van der Waals surface area contributed by atoms with Crippen molar-refractivity contribution >= 4 is 27.5 Å². The van der Waals surface area contributed by atoms with E-state index in [1.165, 1.54) is 17.0 Å². The largest absolute Gasteiger partial charge is 0.492 e. The van der Waals surface area contributed by atoms with E-state index in [-0.39, 0.29) is 29.1 Å². The van der Waals surface area contributed by atoms with Crippen molar-refractivity contribution in [1.82, 2.24) is 10.2 Å². The molecule has 1 N–H and O–H groups in total. The maximum absolute atomic E-state index is 14.3. The van der Waals surface area contributed by atoms with Gasteiger partial charge in [0.05, 0.1) is 17.2 Å². The van der Waals surface area contributed by atoms with Crippen LogP contribution < -0.4 is 14.4 Å². The van der Waals surface area contributed by atoms with E-state index >= 15 is 0 Å². The fourth-order valence-corrected chi connectivity index (χ4v) is 5.97. The Morgan fingerprint density at radius 3 is 2.02 bits per heavy atom. The Hall–Kier alpha value is -3.85. The Bertz CT molecular complexity index is 1440. The Morgan fingerprint density at radius 2 is 1.45 bits per heavy atom. The number of nitrogens with one attached hydrogen (secondary N) is 1. The summed E-state index contributed by atoms with van der Waals surface area (Å²) in [4.78, 5) is 29.2. The van der Waals surface area contributed by atoms with Crippen molar-refractivity contribution in [2.24, 2.45) is 0 Å². The molecule has 0 aliphatic carbocycles. The second-order valence-electron chi connectivity index (χ2n) is 10.5. The Kier molecular flexibility index (Phi) is 11.6. The molecule has 2 amide bonds. The van der Waals surface area contributed by atoms with Gasteiger partial charge in [-0.3, -0.25) is 13.9 Å². The number of hydrogen-bond donors (Lipinski definition) is 1. The first kappa shape index (κ1) is 32.7. The summed E-state index contributed by atoms with van der Waals surface area (Å²) in [5.74, 6) is -0.422. The van der Waals surface area contributed by atoms with Crippen LogP contribution in [0.5, 0.6) is 5.75 Å². The number of aryl methyl sites for hydroxylation is 2. The normalized spacial score (nSPS) is 12.7. The minimum Gasteiger partial charge on any atom is -0.492 e. The van der Waals surface area contributed by atoms with Gasteiger partial charge in [-0.2, -0.15) is 0 Å². The first-order valence-electron chi connectivity index (χ1n) is 14.5. The van der Waals surface area contributed by atoms with Gasteiger partial charge in [0, 0.05) is 12.6 Å². The number of carbonyl (C=O) groups excluding carboxylic acids is 2. The lowest BCUT2D eigenvalue weighted by molar-refractivity contribution is -0.140. The highest BCUT2D eigenvalue weighted by molar-refractivity contribution is 7.92. The van der Waals surface area contributed by atoms with E-state index in [1.54, 1.807) is 36.4 Å². The number of anilines is 1. The zero-order valence-corrected chi connectivity index (χ0v) is 26.3. The smallest absolute Gasteiger partial charge is 0.264 e. The Labute approximate surface area is 250 Å². The van der Waals surface area contributed by atoms with E-state index < -0.39 is 28.5 Å². The van der Waals surface area contributed by atoms with Crippen molar-refractivity contribution in [2.75, 3.05) is 17.5 Å². The van der Waals surface area contributed by atoms with Gasteiger partial charge >= 0.3 is 0 Å². The summed E-state index contributed by atoms with van der Waals surface area (Å²) in [5, 5.41) is 3.00. The van der Waals surface area contributed by atoms with Gasteiger partial charge in [0.1, 0.15) is 18.3 Å². The van der Waals surface area contributed by atoms with Crippen LogP contribution in [0.3, 0.4) is 0 Å². The highest BCUT2D eigenvalue weighted by Gasteiger charge is 2.35. The molecule has 0 heterocycles. The number of ether oxygens (including phenoxy) is 1. The number of amides is 2. The maximum Gasteiger partial charge on any atom is 0.264 e. The summed E-state index contributed by atoms with van der Waals surface area (Å²) in [6.07, 6.45) is 1.10. The van der Waals surface area contributed by atoms with Gasteiger partial charge in [0.15, 0.2) is 0 Å². The summed E-state index contributed by atoms with van der Waals surface area (Å²) in [7, 11) is -4.19. The van der Waals surface area contributed by atoms with Crippen molar-refractivity contribution < 1.29 is 22.7 Å². The predicted molar refractivity (Wildman–Crippen MR) is 167 cm³/mol. The molecule has 0 aliphatic heterocycles. The molecule has 3 aromatic rings. The topological polar surface area (TPSA) is 96.0 Å². The first-order chi connectivity index (χ1) is 20.0. The average molecular weight is 594 g/mol. The molecular formula is C33H43N3O5S. The number of sulfonamides is 1. The lowest BCUT2D eigenvalue weighted by Crippen LogP contribution is -2.53. The van der Waals surface area contributed by atoms with Gasteiger partial charge in [0.2, 0.25) is 11.8 Å². The maximum atomic E-state index is 14.3. The quantitative estimate of drug-likeness (QED) is 0.262. The molecular weight excluding hydrogens is 550 g/mol. The average Bonchev–Trinajstić information content (AvgIpc) is 2.97. The van der Waals surface area contributed by atoms with Gasteiger partial charge in [0.25, 0.3) is 10.0 Å². The highest BCUT2D eigenvalue weighted by Crippen LogP contribution is 2.33. The van der Waals surface area contributed by atoms with Crippen LogP contribution in [-0.2, 0) is 26.2 Å². The monoisotopic (exact) mass is 593 g/mol. The molecule has 0 unspecified atom stereocenters. The van der Waals surface area contributed by atoms with E-state index in [0.717, 1.165) is 27.4 Å². The lowest BCUT2D eigenvalue weighted by atomic mass is 10.1. The van der Waals surface area contributed by atoms with E-state index in [2.05, 4.69) is 5.32 Å². The molecule has 0 fully saturated rings. The summed E-state index contributed by atoms with van der Waals surface area (Å²) in [6.45, 7) is 11.4. The Balaban J connectivity index is 2.10. The SMILES string of the molecule is CCOc1ccccc1N(CC(=O)N(Cc1ccc(C)cc1)[C@@H](CC)C(=O)N[C@@H](C)CC)S(=O)(=O)c1ccc(C)cc1. The predicted octanol–water partition coefficient (Wildman–Crippen LogP) is 5.62. The van der Waals surface area contributed by atoms with Gasteiger partial charge in [-0.05, 0) is 70.4 Å². The summed E-state index contributed by atoms with van der Waals surface area (Å²) in [6, 6.07) is 20.1. The van der Waals surface area contributed by atoms with Crippen LogP contribution in [0.25, 0.3) is 0 Å². The summed E-state index contributed by atoms with van der Waals surface area (Å²) >= 11 is 0. The molecule has 226 valence electrons. The molecule has 2 atom stereocenters. The fraction of sp³-hybridized carbons (Fsp3) is 0.394. The van der Waals surface area contributed by atoms with Gasteiger partial charge in [-0.15, -0.1) is 0 Å². The van der Waals surface area contributed by atoms with Crippen molar-refractivity contribution in [3.05, 3.63) is 89.5 Å². The third-order valence-corrected chi connectivity index (χ3v) is 8.96. The molecule has 0 saturated heterocycles. The number of benzene rings is 3. The van der Waals surface area contributed by atoms with Gasteiger partial charge in [-0.25, -0.2) is 8.42 Å². The fourth-order valence-electron chi connectivity index (χ4n) is 4.54. The molecule has 0 aromatic heterocycles.